The molecular weight excluding hydrogens is 200 g/mol. The summed E-state index contributed by atoms with van der Waals surface area (Å²) in [6.45, 7) is 13.1. The summed E-state index contributed by atoms with van der Waals surface area (Å²) in [4.78, 5) is 11.7. The molecular formula is C13H28N2O. The van der Waals surface area contributed by atoms with Crippen LogP contribution in [0, 0.1) is 5.92 Å². The second kappa shape index (κ2) is 6.89. The molecule has 0 aliphatic carbocycles. The number of hydrogen-bond acceptors (Lipinski definition) is 2. The molecule has 0 fully saturated rings. The first-order chi connectivity index (χ1) is 7.34. The Kier molecular flexibility index (Phi) is 6.65. The van der Waals surface area contributed by atoms with Crippen LogP contribution in [-0.4, -0.2) is 24.0 Å². The van der Waals surface area contributed by atoms with Crippen LogP contribution in [0.15, 0.2) is 0 Å². The van der Waals surface area contributed by atoms with E-state index in [0.717, 1.165) is 12.8 Å². The Labute approximate surface area is 100 Å². The molecule has 1 amide bonds. The van der Waals surface area contributed by atoms with E-state index in [0.29, 0.717) is 12.5 Å². The monoisotopic (exact) mass is 228 g/mol. The highest BCUT2D eigenvalue weighted by Crippen LogP contribution is 2.12. The van der Waals surface area contributed by atoms with Gasteiger partial charge < -0.3 is 10.6 Å². The minimum atomic E-state index is 0.0818. The van der Waals surface area contributed by atoms with Gasteiger partial charge in [-0.15, -0.1) is 0 Å². The summed E-state index contributed by atoms with van der Waals surface area (Å²) in [5.41, 5.74) is 0.0818. The highest BCUT2D eigenvalue weighted by molar-refractivity contribution is 5.78. The van der Waals surface area contributed by atoms with Gasteiger partial charge >= 0.3 is 0 Å². The molecule has 0 spiro atoms. The van der Waals surface area contributed by atoms with E-state index >= 15 is 0 Å². The van der Waals surface area contributed by atoms with Gasteiger partial charge in [-0.2, -0.15) is 0 Å². The minimum Gasteiger partial charge on any atom is -0.352 e. The molecule has 3 heteroatoms. The molecule has 0 aromatic rings. The zero-order chi connectivity index (χ0) is 12.8. The third-order valence-corrected chi connectivity index (χ3v) is 3.63. The van der Waals surface area contributed by atoms with Crippen molar-refractivity contribution in [1.82, 2.24) is 10.6 Å². The van der Waals surface area contributed by atoms with Gasteiger partial charge in [-0.25, -0.2) is 0 Å². The van der Waals surface area contributed by atoms with Gasteiger partial charge in [0.1, 0.15) is 0 Å². The normalized spacial score (nSPS) is 13.9. The lowest BCUT2D eigenvalue weighted by Gasteiger charge is -2.28. The van der Waals surface area contributed by atoms with Crippen LogP contribution in [0.3, 0.4) is 0 Å². The molecule has 16 heavy (non-hydrogen) atoms. The van der Waals surface area contributed by atoms with E-state index in [1.807, 2.05) is 6.92 Å². The fraction of sp³-hybridized carbons (Fsp3) is 0.923. The number of nitrogens with one attached hydrogen (secondary N) is 2. The summed E-state index contributed by atoms with van der Waals surface area (Å²) in [6, 6.07) is 0.240. The van der Waals surface area contributed by atoms with Gasteiger partial charge in [0.25, 0.3) is 0 Å². The molecule has 1 unspecified atom stereocenters. The number of carbonyl (C=O) groups is 1. The zero-order valence-electron chi connectivity index (χ0n) is 11.7. The molecule has 0 radical (unpaired) electrons. The maximum Gasteiger partial charge on any atom is 0.234 e. The molecule has 3 nitrogen and oxygen atoms in total. The van der Waals surface area contributed by atoms with E-state index in [1.54, 1.807) is 0 Å². The van der Waals surface area contributed by atoms with Crippen molar-refractivity contribution < 1.29 is 4.79 Å². The summed E-state index contributed by atoms with van der Waals surface area (Å²) in [7, 11) is 0. The number of hydrogen-bond donors (Lipinski definition) is 2. The Morgan fingerprint density at radius 3 is 2.06 bits per heavy atom. The predicted molar refractivity (Wildman–Crippen MR) is 69.4 cm³/mol. The lowest BCUT2D eigenvalue weighted by atomic mass is 9.95. The number of amides is 1. The van der Waals surface area contributed by atoms with Crippen molar-refractivity contribution in [2.75, 3.05) is 6.54 Å². The van der Waals surface area contributed by atoms with Gasteiger partial charge in [0.05, 0.1) is 6.54 Å². The highest BCUT2D eigenvalue weighted by Gasteiger charge is 2.20. The molecule has 0 saturated carbocycles. The second-order valence-electron chi connectivity index (χ2n) is 5.22. The predicted octanol–water partition coefficient (Wildman–Crippen LogP) is 2.32. The molecule has 0 bridgehead atoms. The van der Waals surface area contributed by atoms with Crippen molar-refractivity contribution in [2.24, 2.45) is 5.92 Å². The van der Waals surface area contributed by atoms with Crippen molar-refractivity contribution in [2.45, 2.75) is 66.0 Å². The summed E-state index contributed by atoms with van der Waals surface area (Å²) < 4.78 is 0. The third kappa shape index (κ3) is 5.50. The van der Waals surface area contributed by atoms with E-state index in [2.05, 4.69) is 45.3 Å². The molecule has 2 N–H and O–H groups in total. The topological polar surface area (TPSA) is 41.1 Å². The Morgan fingerprint density at radius 2 is 1.69 bits per heavy atom. The van der Waals surface area contributed by atoms with E-state index < -0.39 is 0 Å². The van der Waals surface area contributed by atoms with Crippen molar-refractivity contribution in [3.8, 4) is 0 Å². The van der Waals surface area contributed by atoms with Crippen LogP contribution >= 0.6 is 0 Å². The van der Waals surface area contributed by atoms with E-state index in [9.17, 15) is 4.79 Å². The largest absolute Gasteiger partial charge is 0.352 e. The summed E-state index contributed by atoms with van der Waals surface area (Å²) >= 11 is 0. The average Bonchev–Trinajstić information content (AvgIpc) is 2.25. The molecule has 0 heterocycles. The first-order valence-electron chi connectivity index (χ1n) is 6.39. The van der Waals surface area contributed by atoms with Crippen LogP contribution < -0.4 is 10.6 Å². The standard InChI is InChI=1S/C13H28N2O/c1-7-13(6,8-2)14-9-12(16)15-11(5)10(3)4/h10-11,14H,7-9H2,1-6H3,(H,15,16). The van der Waals surface area contributed by atoms with Crippen molar-refractivity contribution >= 4 is 5.91 Å². The van der Waals surface area contributed by atoms with E-state index in [4.69, 9.17) is 0 Å². The molecule has 0 aliphatic heterocycles. The fourth-order valence-electron chi connectivity index (χ4n) is 1.27. The number of rotatable bonds is 7. The van der Waals surface area contributed by atoms with E-state index in [-0.39, 0.29) is 17.5 Å². The third-order valence-electron chi connectivity index (χ3n) is 3.63. The van der Waals surface area contributed by atoms with Crippen molar-refractivity contribution in [1.29, 1.82) is 0 Å². The molecule has 1 atom stereocenters. The number of carbonyl (C=O) groups excluding carboxylic acids is 1. The molecule has 0 aromatic heterocycles. The average molecular weight is 228 g/mol. The molecule has 0 aliphatic rings. The van der Waals surface area contributed by atoms with Crippen LogP contribution in [0.2, 0.25) is 0 Å². The maximum absolute atomic E-state index is 11.7. The Balaban J connectivity index is 3.98. The molecule has 96 valence electrons. The first-order valence-corrected chi connectivity index (χ1v) is 6.39. The van der Waals surface area contributed by atoms with Gasteiger partial charge in [-0.1, -0.05) is 27.7 Å². The SMILES string of the molecule is CCC(C)(CC)NCC(=O)NC(C)C(C)C. The van der Waals surface area contributed by atoms with Crippen LogP contribution in [0.25, 0.3) is 0 Å². The van der Waals surface area contributed by atoms with E-state index in [1.165, 1.54) is 0 Å². The van der Waals surface area contributed by atoms with Gasteiger partial charge in [-0.3, -0.25) is 4.79 Å². The van der Waals surface area contributed by atoms with Crippen LogP contribution in [0.5, 0.6) is 0 Å². The summed E-state index contributed by atoms with van der Waals surface area (Å²) in [6.07, 6.45) is 2.08. The minimum absolute atomic E-state index is 0.0818. The lowest BCUT2D eigenvalue weighted by Crippen LogP contribution is -2.48. The smallest absolute Gasteiger partial charge is 0.234 e. The van der Waals surface area contributed by atoms with Gasteiger partial charge in [0.15, 0.2) is 0 Å². The van der Waals surface area contributed by atoms with Gasteiger partial charge in [-0.05, 0) is 32.6 Å². The first kappa shape index (κ1) is 15.4. The van der Waals surface area contributed by atoms with Crippen LogP contribution in [0.4, 0.5) is 0 Å². The molecule has 0 rings (SSSR count). The quantitative estimate of drug-likeness (QED) is 0.702. The van der Waals surface area contributed by atoms with Crippen LogP contribution in [-0.2, 0) is 4.79 Å². The van der Waals surface area contributed by atoms with Crippen molar-refractivity contribution in [3.63, 3.8) is 0 Å². The Morgan fingerprint density at radius 1 is 1.19 bits per heavy atom. The summed E-state index contributed by atoms with van der Waals surface area (Å²) in [5, 5.41) is 6.33. The fourth-order valence-corrected chi connectivity index (χ4v) is 1.27. The lowest BCUT2D eigenvalue weighted by molar-refractivity contribution is -0.121. The van der Waals surface area contributed by atoms with Gasteiger partial charge in [0.2, 0.25) is 5.91 Å². The van der Waals surface area contributed by atoms with Crippen molar-refractivity contribution in [3.05, 3.63) is 0 Å². The zero-order valence-corrected chi connectivity index (χ0v) is 11.7. The maximum atomic E-state index is 11.7. The van der Waals surface area contributed by atoms with Crippen LogP contribution in [0.1, 0.15) is 54.4 Å². The highest BCUT2D eigenvalue weighted by atomic mass is 16.2. The summed E-state index contributed by atoms with van der Waals surface area (Å²) in [5.74, 6) is 0.571. The molecule has 0 aromatic carbocycles. The van der Waals surface area contributed by atoms with Gasteiger partial charge in [0, 0.05) is 11.6 Å². The second-order valence-corrected chi connectivity index (χ2v) is 5.22. The Bertz CT molecular complexity index is 210. The molecule has 0 saturated heterocycles. The Hall–Kier alpha value is -0.570.